The number of benzene rings is 1. The number of carbonyl (C=O) groups is 1. The first-order valence-corrected chi connectivity index (χ1v) is 10.4. The summed E-state index contributed by atoms with van der Waals surface area (Å²) in [7, 11) is 3.91. The summed E-state index contributed by atoms with van der Waals surface area (Å²) in [4.78, 5) is 38.0. The number of nitrogens with zero attached hydrogens (tertiary/aromatic N) is 5. The van der Waals surface area contributed by atoms with E-state index in [0.717, 1.165) is 14.7 Å². The molecule has 0 N–H and O–H groups in total. The minimum Gasteiger partial charge on any atom is -0.308 e. The first-order chi connectivity index (χ1) is 13.3. The quantitative estimate of drug-likeness (QED) is 0.561. The van der Waals surface area contributed by atoms with E-state index in [1.54, 1.807) is 18.7 Å². The first-order valence-electron chi connectivity index (χ1n) is 8.80. The van der Waals surface area contributed by atoms with Gasteiger partial charge < -0.3 is 4.90 Å². The molecular weight excluding hydrogens is 442 g/mol. The third-order valence-corrected chi connectivity index (χ3v) is 6.00. The first kappa shape index (κ1) is 20.6. The number of aryl methyl sites for hydroxylation is 1. The SMILES string of the molecule is Cc1ncn(CC(=O)N(CCN(C)C)c2nc3ccc(Br)cc3s2)c(=O)c1C. The number of carbonyl (C=O) groups excluding carboxylic acids is 1. The van der Waals surface area contributed by atoms with Gasteiger partial charge in [-0.2, -0.15) is 0 Å². The second-order valence-corrected chi connectivity index (χ2v) is 8.77. The molecule has 9 heteroatoms. The van der Waals surface area contributed by atoms with Crippen molar-refractivity contribution in [2.45, 2.75) is 20.4 Å². The topological polar surface area (TPSA) is 71.3 Å². The molecule has 0 radical (unpaired) electrons. The standard InChI is InChI=1S/C19H22BrN5O2S/c1-12-13(2)21-11-24(18(12)27)10-17(26)25(8-7-23(3)4)19-22-15-6-5-14(20)9-16(15)28-19/h5-6,9,11H,7-8,10H2,1-4H3. The highest BCUT2D eigenvalue weighted by molar-refractivity contribution is 9.10. The van der Waals surface area contributed by atoms with E-state index >= 15 is 0 Å². The van der Waals surface area contributed by atoms with Crippen LogP contribution in [-0.2, 0) is 11.3 Å². The van der Waals surface area contributed by atoms with Crippen LogP contribution in [0, 0.1) is 13.8 Å². The van der Waals surface area contributed by atoms with Crippen molar-refractivity contribution in [3.63, 3.8) is 0 Å². The number of hydrogen-bond donors (Lipinski definition) is 0. The lowest BCUT2D eigenvalue weighted by atomic mass is 10.3. The zero-order chi connectivity index (χ0) is 20.4. The Hall–Kier alpha value is -2.10. The third-order valence-electron chi connectivity index (χ3n) is 4.46. The smallest absolute Gasteiger partial charge is 0.256 e. The van der Waals surface area contributed by atoms with Gasteiger partial charge in [0.1, 0.15) is 6.54 Å². The molecule has 7 nitrogen and oxygen atoms in total. The predicted octanol–water partition coefficient (Wildman–Crippen LogP) is 2.83. The Kier molecular flexibility index (Phi) is 6.26. The summed E-state index contributed by atoms with van der Waals surface area (Å²) in [5, 5.41) is 0.629. The molecule has 2 aromatic heterocycles. The number of thiazole rings is 1. The number of likely N-dealkylation sites (N-methyl/N-ethyl adjacent to an activating group) is 1. The van der Waals surface area contributed by atoms with Crippen LogP contribution < -0.4 is 10.5 Å². The molecule has 0 atom stereocenters. The van der Waals surface area contributed by atoms with E-state index in [4.69, 9.17) is 0 Å². The zero-order valence-electron chi connectivity index (χ0n) is 16.3. The molecule has 0 unspecified atom stereocenters. The van der Waals surface area contributed by atoms with Crippen LogP contribution in [0.4, 0.5) is 5.13 Å². The van der Waals surface area contributed by atoms with Gasteiger partial charge >= 0.3 is 0 Å². The van der Waals surface area contributed by atoms with Gasteiger partial charge in [0.25, 0.3) is 5.56 Å². The Morgan fingerprint density at radius 1 is 1.25 bits per heavy atom. The van der Waals surface area contributed by atoms with Crippen molar-refractivity contribution in [3.05, 3.63) is 50.6 Å². The van der Waals surface area contributed by atoms with Gasteiger partial charge in [0, 0.05) is 28.8 Å². The number of halogens is 1. The van der Waals surface area contributed by atoms with Gasteiger partial charge in [-0.1, -0.05) is 27.3 Å². The molecule has 28 heavy (non-hydrogen) atoms. The molecule has 0 bridgehead atoms. The Morgan fingerprint density at radius 3 is 2.71 bits per heavy atom. The zero-order valence-corrected chi connectivity index (χ0v) is 18.7. The lowest BCUT2D eigenvalue weighted by molar-refractivity contribution is -0.119. The monoisotopic (exact) mass is 463 g/mol. The lowest BCUT2D eigenvalue weighted by Crippen LogP contribution is -2.40. The molecule has 0 aliphatic carbocycles. The van der Waals surface area contributed by atoms with Gasteiger partial charge in [-0.05, 0) is 46.1 Å². The van der Waals surface area contributed by atoms with Gasteiger partial charge in [0.05, 0.1) is 16.5 Å². The van der Waals surface area contributed by atoms with Gasteiger partial charge in [-0.15, -0.1) is 0 Å². The summed E-state index contributed by atoms with van der Waals surface area (Å²) in [5.41, 5.74) is 1.88. The van der Waals surface area contributed by atoms with Crippen molar-refractivity contribution in [1.82, 2.24) is 19.4 Å². The fraction of sp³-hybridized carbons (Fsp3) is 0.368. The van der Waals surface area contributed by atoms with Crippen LogP contribution >= 0.6 is 27.3 Å². The van der Waals surface area contributed by atoms with E-state index in [9.17, 15) is 9.59 Å². The van der Waals surface area contributed by atoms with Crippen molar-refractivity contribution in [1.29, 1.82) is 0 Å². The number of anilines is 1. The summed E-state index contributed by atoms with van der Waals surface area (Å²) in [6.45, 7) is 4.61. The molecule has 1 amide bonds. The van der Waals surface area contributed by atoms with Crippen LogP contribution in [-0.4, -0.2) is 52.5 Å². The Bertz CT molecular complexity index is 1080. The molecule has 0 spiro atoms. The summed E-state index contributed by atoms with van der Waals surface area (Å²) in [6, 6.07) is 5.84. The molecule has 1 aromatic carbocycles. The van der Waals surface area contributed by atoms with E-state index < -0.39 is 0 Å². The summed E-state index contributed by atoms with van der Waals surface area (Å²) >= 11 is 4.93. The van der Waals surface area contributed by atoms with E-state index in [2.05, 4.69) is 25.9 Å². The molecule has 148 valence electrons. The molecule has 2 heterocycles. The van der Waals surface area contributed by atoms with E-state index in [1.807, 2.05) is 37.2 Å². The van der Waals surface area contributed by atoms with Crippen LogP contribution in [0.2, 0.25) is 0 Å². The average Bonchev–Trinajstić information content (AvgIpc) is 3.04. The average molecular weight is 464 g/mol. The maximum absolute atomic E-state index is 13.1. The number of rotatable bonds is 6. The normalized spacial score (nSPS) is 11.4. The maximum Gasteiger partial charge on any atom is 0.256 e. The minimum atomic E-state index is -0.193. The van der Waals surface area contributed by atoms with Gasteiger partial charge in [-0.25, -0.2) is 9.97 Å². The summed E-state index contributed by atoms with van der Waals surface area (Å²) in [5.74, 6) is -0.188. The van der Waals surface area contributed by atoms with Crippen molar-refractivity contribution in [2.75, 3.05) is 32.1 Å². The molecule has 0 saturated heterocycles. The van der Waals surface area contributed by atoms with Crippen molar-refractivity contribution >= 4 is 48.5 Å². The van der Waals surface area contributed by atoms with Crippen LogP contribution in [0.25, 0.3) is 10.2 Å². The molecule has 0 aliphatic heterocycles. The molecular formula is C19H22BrN5O2S. The molecule has 0 saturated carbocycles. The Labute approximate surface area is 175 Å². The van der Waals surface area contributed by atoms with Crippen molar-refractivity contribution < 1.29 is 4.79 Å². The lowest BCUT2D eigenvalue weighted by Gasteiger charge is -2.22. The van der Waals surface area contributed by atoms with Crippen molar-refractivity contribution in [3.8, 4) is 0 Å². The molecule has 3 aromatic rings. The fourth-order valence-electron chi connectivity index (χ4n) is 2.65. The second-order valence-electron chi connectivity index (χ2n) is 6.85. The van der Waals surface area contributed by atoms with E-state index in [-0.39, 0.29) is 18.0 Å². The van der Waals surface area contributed by atoms with Gasteiger partial charge in [0.15, 0.2) is 5.13 Å². The number of aromatic nitrogens is 3. The maximum atomic E-state index is 13.1. The largest absolute Gasteiger partial charge is 0.308 e. The predicted molar refractivity (Wildman–Crippen MR) is 116 cm³/mol. The van der Waals surface area contributed by atoms with Crippen LogP contribution in [0.15, 0.2) is 33.8 Å². The third kappa shape index (κ3) is 4.48. The van der Waals surface area contributed by atoms with Crippen LogP contribution in [0.5, 0.6) is 0 Å². The van der Waals surface area contributed by atoms with Gasteiger partial charge in [-0.3, -0.25) is 19.1 Å². The Balaban J connectivity index is 1.93. The fourth-order valence-corrected chi connectivity index (χ4v) is 4.21. The van der Waals surface area contributed by atoms with E-state index in [0.29, 0.717) is 29.5 Å². The number of amides is 1. The molecule has 0 fully saturated rings. The highest BCUT2D eigenvalue weighted by atomic mass is 79.9. The highest BCUT2D eigenvalue weighted by Crippen LogP contribution is 2.31. The van der Waals surface area contributed by atoms with Crippen LogP contribution in [0.3, 0.4) is 0 Å². The highest BCUT2D eigenvalue weighted by Gasteiger charge is 2.21. The van der Waals surface area contributed by atoms with Gasteiger partial charge in [0.2, 0.25) is 5.91 Å². The van der Waals surface area contributed by atoms with Crippen molar-refractivity contribution in [2.24, 2.45) is 0 Å². The van der Waals surface area contributed by atoms with E-state index in [1.165, 1.54) is 22.2 Å². The second kappa shape index (κ2) is 8.50. The summed E-state index contributed by atoms with van der Waals surface area (Å²) < 4.78 is 3.32. The minimum absolute atomic E-state index is 0.0694. The number of hydrogen-bond acceptors (Lipinski definition) is 6. The number of fused-ring (bicyclic) bond motifs is 1. The van der Waals surface area contributed by atoms with Crippen LogP contribution in [0.1, 0.15) is 11.3 Å². The molecule has 3 rings (SSSR count). The Morgan fingerprint density at radius 2 is 2.00 bits per heavy atom. The summed E-state index contributed by atoms with van der Waals surface area (Å²) in [6.07, 6.45) is 1.43. The molecule has 0 aliphatic rings.